The molecule has 0 aliphatic rings. The zero-order valence-corrected chi connectivity index (χ0v) is 9.91. The first kappa shape index (κ1) is 10.8. The van der Waals surface area contributed by atoms with Gasteiger partial charge in [-0.1, -0.05) is 12.8 Å². The minimum absolute atomic E-state index is 0.0503. The lowest BCUT2D eigenvalue weighted by Crippen LogP contribution is -2.19. The Labute approximate surface area is 91.7 Å². The summed E-state index contributed by atoms with van der Waals surface area (Å²) in [7, 11) is 0. The molecule has 0 aliphatic carbocycles. The van der Waals surface area contributed by atoms with E-state index in [9.17, 15) is 0 Å². The molecule has 1 N–H and O–H groups in total. The van der Waals surface area contributed by atoms with Gasteiger partial charge in [0.1, 0.15) is 6.04 Å². The fourth-order valence-corrected chi connectivity index (χ4v) is 2.66. The molecule has 0 aliphatic heterocycles. The van der Waals surface area contributed by atoms with Gasteiger partial charge in [0, 0.05) is 9.35 Å². The van der Waals surface area contributed by atoms with Crippen LogP contribution in [0.25, 0.3) is 0 Å². The van der Waals surface area contributed by atoms with Gasteiger partial charge in [-0.25, -0.2) is 0 Å². The Kier molecular flexibility index (Phi) is 4.51. The second-order valence-corrected chi connectivity index (χ2v) is 4.49. The number of halogens is 1. The Hall–Kier alpha value is -0.300. The molecular weight excluding hydrogens is 246 g/mol. The van der Waals surface area contributed by atoms with Gasteiger partial charge in [-0.2, -0.15) is 0 Å². The maximum Gasteiger partial charge on any atom is 0.105 e. The quantitative estimate of drug-likeness (QED) is 0.818. The molecule has 0 aromatic carbocycles. The van der Waals surface area contributed by atoms with Gasteiger partial charge in [0.15, 0.2) is 0 Å². The summed E-state index contributed by atoms with van der Waals surface area (Å²) in [4.78, 5) is 1.19. The van der Waals surface area contributed by atoms with E-state index in [2.05, 4.69) is 34.1 Å². The predicted molar refractivity (Wildman–Crippen MR) is 61.9 cm³/mol. The third-order valence-electron chi connectivity index (χ3n) is 1.67. The van der Waals surface area contributed by atoms with Crippen LogP contribution in [-0.2, 0) is 0 Å². The van der Waals surface area contributed by atoms with Crippen molar-refractivity contribution in [3.63, 3.8) is 0 Å². The maximum atomic E-state index is 5.45. The summed E-state index contributed by atoms with van der Waals surface area (Å²) in [5, 5.41) is 5.35. The molecule has 70 valence electrons. The van der Waals surface area contributed by atoms with Crippen molar-refractivity contribution in [1.82, 2.24) is 5.32 Å². The van der Waals surface area contributed by atoms with Crippen molar-refractivity contribution < 1.29 is 0 Å². The van der Waals surface area contributed by atoms with E-state index in [-0.39, 0.29) is 6.04 Å². The summed E-state index contributed by atoms with van der Waals surface area (Å²) in [6.45, 7) is 3.09. The standard InChI is InChI=1S/C10H12BrNS/c1-3-6-12-9(4-2)10-8(11)5-7-13-10/h2,5,7,9,12H,3,6H2,1H3. The molecule has 3 heteroatoms. The van der Waals surface area contributed by atoms with Crippen LogP contribution in [0.1, 0.15) is 24.3 Å². The summed E-state index contributed by atoms with van der Waals surface area (Å²) in [6, 6.07) is 2.08. The third-order valence-corrected chi connectivity index (χ3v) is 3.61. The van der Waals surface area contributed by atoms with Crippen LogP contribution in [0.2, 0.25) is 0 Å². The molecule has 1 atom stereocenters. The Morgan fingerprint density at radius 1 is 1.77 bits per heavy atom. The lowest BCUT2D eigenvalue weighted by molar-refractivity contribution is 0.632. The van der Waals surface area contributed by atoms with Crippen LogP contribution < -0.4 is 5.32 Å². The summed E-state index contributed by atoms with van der Waals surface area (Å²) in [5.74, 6) is 2.75. The van der Waals surface area contributed by atoms with Crippen LogP contribution in [0.3, 0.4) is 0 Å². The Bertz CT molecular complexity index is 300. The van der Waals surface area contributed by atoms with Crippen LogP contribution in [0.15, 0.2) is 15.9 Å². The first-order valence-electron chi connectivity index (χ1n) is 4.22. The predicted octanol–water partition coefficient (Wildman–Crippen LogP) is 3.18. The van der Waals surface area contributed by atoms with Crippen molar-refractivity contribution in [1.29, 1.82) is 0 Å². The number of hydrogen-bond donors (Lipinski definition) is 1. The SMILES string of the molecule is C#CC(NCCC)c1sccc1Br. The maximum absolute atomic E-state index is 5.45. The van der Waals surface area contributed by atoms with Gasteiger partial charge in [0.05, 0.1) is 0 Å². The van der Waals surface area contributed by atoms with Crippen molar-refractivity contribution >= 4 is 27.3 Å². The molecule has 1 nitrogen and oxygen atoms in total. The number of rotatable bonds is 4. The van der Waals surface area contributed by atoms with Crippen molar-refractivity contribution in [2.45, 2.75) is 19.4 Å². The van der Waals surface area contributed by atoms with Crippen molar-refractivity contribution in [2.24, 2.45) is 0 Å². The Morgan fingerprint density at radius 2 is 2.54 bits per heavy atom. The van der Waals surface area contributed by atoms with Gasteiger partial charge in [-0.15, -0.1) is 17.8 Å². The molecule has 1 rings (SSSR count). The lowest BCUT2D eigenvalue weighted by atomic mass is 10.2. The number of hydrogen-bond acceptors (Lipinski definition) is 2. The second-order valence-electron chi connectivity index (χ2n) is 2.69. The van der Waals surface area contributed by atoms with Crippen LogP contribution in [-0.4, -0.2) is 6.54 Å². The molecule has 13 heavy (non-hydrogen) atoms. The smallest absolute Gasteiger partial charge is 0.105 e. The normalized spacial score (nSPS) is 12.4. The third kappa shape index (κ3) is 2.84. The fourth-order valence-electron chi connectivity index (χ4n) is 1.03. The molecule has 0 bridgehead atoms. The monoisotopic (exact) mass is 257 g/mol. The van der Waals surface area contributed by atoms with E-state index in [4.69, 9.17) is 6.42 Å². The molecule has 0 saturated heterocycles. The topological polar surface area (TPSA) is 12.0 Å². The first-order valence-corrected chi connectivity index (χ1v) is 5.89. The lowest BCUT2D eigenvalue weighted by Gasteiger charge is -2.10. The molecule has 0 fully saturated rings. The second kappa shape index (κ2) is 5.43. The number of thiophene rings is 1. The fraction of sp³-hybridized carbons (Fsp3) is 0.400. The van der Waals surface area contributed by atoms with Crippen LogP contribution >= 0.6 is 27.3 Å². The Balaban J connectivity index is 2.68. The van der Waals surface area contributed by atoms with Crippen molar-refractivity contribution in [3.8, 4) is 12.3 Å². The summed E-state index contributed by atoms with van der Waals surface area (Å²) >= 11 is 5.16. The van der Waals surface area contributed by atoms with Gasteiger partial charge in [0.25, 0.3) is 0 Å². The number of nitrogens with one attached hydrogen (secondary N) is 1. The summed E-state index contributed by atoms with van der Waals surface area (Å²) in [5.41, 5.74) is 0. The average molecular weight is 258 g/mol. The van der Waals surface area contributed by atoms with E-state index in [1.54, 1.807) is 11.3 Å². The molecule has 0 saturated carbocycles. The highest BCUT2D eigenvalue weighted by atomic mass is 79.9. The largest absolute Gasteiger partial charge is 0.299 e. The van der Waals surface area contributed by atoms with Crippen LogP contribution in [0, 0.1) is 12.3 Å². The molecule has 0 amide bonds. The molecule has 0 spiro atoms. The van der Waals surface area contributed by atoms with Gasteiger partial charge in [-0.05, 0) is 40.3 Å². The zero-order valence-electron chi connectivity index (χ0n) is 7.51. The highest BCUT2D eigenvalue weighted by Crippen LogP contribution is 2.28. The molecular formula is C10H12BrNS. The molecule has 1 heterocycles. The number of terminal acetylenes is 1. The van der Waals surface area contributed by atoms with Gasteiger partial charge in [0.2, 0.25) is 0 Å². The minimum Gasteiger partial charge on any atom is -0.299 e. The molecule has 1 aromatic heterocycles. The van der Waals surface area contributed by atoms with Crippen LogP contribution in [0.4, 0.5) is 0 Å². The van der Waals surface area contributed by atoms with Gasteiger partial charge in [-0.3, -0.25) is 5.32 Å². The minimum atomic E-state index is 0.0503. The highest BCUT2D eigenvalue weighted by Gasteiger charge is 2.11. The highest BCUT2D eigenvalue weighted by molar-refractivity contribution is 9.10. The Morgan fingerprint density at radius 3 is 3.00 bits per heavy atom. The molecule has 0 radical (unpaired) electrons. The van der Waals surface area contributed by atoms with Crippen molar-refractivity contribution in [3.05, 3.63) is 20.8 Å². The summed E-state index contributed by atoms with van der Waals surface area (Å²) < 4.78 is 1.10. The summed E-state index contributed by atoms with van der Waals surface area (Å²) in [6.07, 6.45) is 6.55. The van der Waals surface area contributed by atoms with Gasteiger partial charge < -0.3 is 0 Å². The average Bonchev–Trinajstić information content (AvgIpc) is 2.54. The van der Waals surface area contributed by atoms with E-state index < -0.39 is 0 Å². The molecule has 1 aromatic rings. The van der Waals surface area contributed by atoms with E-state index in [1.165, 1.54) is 4.88 Å². The van der Waals surface area contributed by atoms with Gasteiger partial charge >= 0.3 is 0 Å². The zero-order chi connectivity index (χ0) is 9.68. The van der Waals surface area contributed by atoms with E-state index >= 15 is 0 Å². The van der Waals surface area contributed by atoms with E-state index in [0.717, 1.165) is 17.4 Å². The van der Waals surface area contributed by atoms with Crippen LogP contribution in [0.5, 0.6) is 0 Å². The van der Waals surface area contributed by atoms with E-state index in [1.807, 2.05) is 11.4 Å². The molecule has 1 unspecified atom stereocenters. The first-order chi connectivity index (χ1) is 6.29. The van der Waals surface area contributed by atoms with Crippen molar-refractivity contribution in [2.75, 3.05) is 6.54 Å². The van der Waals surface area contributed by atoms with E-state index in [0.29, 0.717) is 0 Å².